The average molecular weight is 243 g/mol. The van der Waals surface area contributed by atoms with Crippen LogP contribution in [0.1, 0.15) is 21.3 Å². The van der Waals surface area contributed by atoms with Crippen LogP contribution in [0.2, 0.25) is 0 Å². The summed E-state index contributed by atoms with van der Waals surface area (Å²) in [5.41, 5.74) is 1.88. The largest absolute Gasteiger partial charge is 0.245 e. The molecule has 4 nitrogen and oxygen atoms in total. The van der Waals surface area contributed by atoms with Crippen molar-refractivity contribution in [2.75, 3.05) is 0 Å². The Labute approximate surface area is 96.9 Å². The molecule has 2 rings (SSSR count). The lowest BCUT2D eigenvalue weighted by molar-refractivity contribution is 0.646. The molecule has 0 saturated carbocycles. The second kappa shape index (κ2) is 4.28. The van der Waals surface area contributed by atoms with Crippen molar-refractivity contribution in [1.82, 2.24) is 20.0 Å². The van der Waals surface area contributed by atoms with Gasteiger partial charge in [-0.05, 0) is 13.8 Å². The van der Waals surface area contributed by atoms with Crippen LogP contribution in [-0.4, -0.2) is 20.0 Å². The van der Waals surface area contributed by atoms with Crippen LogP contribution in [0.4, 0.5) is 0 Å². The van der Waals surface area contributed by atoms with E-state index in [2.05, 4.69) is 22.2 Å². The molecule has 0 bridgehead atoms. The zero-order chi connectivity index (χ0) is 10.8. The van der Waals surface area contributed by atoms with Crippen LogP contribution in [-0.2, 0) is 12.4 Å². The summed E-state index contributed by atoms with van der Waals surface area (Å²) >= 11 is 7.34. The summed E-state index contributed by atoms with van der Waals surface area (Å²) in [6, 6.07) is 0. The molecule has 0 radical (unpaired) electrons. The third-order valence-electron chi connectivity index (χ3n) is 2.09. The van der Waals surface area contributed by atoms with Crippen molar-refractivity contribution in [1.29, 1.82) is 0 Å². The van der Waals surface area contributed by atoms with E-state index in [1.165, 1.54) is 4.88 Å². The van der Waals surface area contributed by atoms with Crippen molar-refractivity contribution in [2.24, 2.45) is 0 Å². The summed E-state index contributed by atoms with van der Waals surface area (Å²) in [7, 11) is 0. The molecule has 0 aromatic carbocycles. The smallest absolute Gasteiger partial charge is 0.115 e. The first-order valence-electron chi connectivity index (χ1n) is 4.57. The van der Waals surface area contributed by atoms with E-state index in [0.717, 1.165) is 16.4 Å². The van der Waals surface area contributed by atoms with Gasteiger partial charge in [-0.2, -0.15) is 0 Å². The molecule has 0 saturated heterocycles. The van der Waals surface area contributed by atoms with Crippen LogP contribution in [0.15, 0.2) is 6.20 Å². The molecule has 0 amide bonds. The van der Waals surface area contributed by atoms with Gasteiger partial charge in [-0.1, -0.05) is 5.21 Å². The summed E-state index contributed by atoms with van der Waals surface area (Å²) in [5, 5.41) is 8.94. The van der Waals surface area contributed by atoms with Crippen LogP contribution >= 0.6 is 22.9 Å². The van der Waals surface area contributed by atoms with E-state index in [9.17, 15) is 0 Å². The predicted octanol–water partition coefficient (Wildman–Crippen LogP) is 2.14. The lowest BCUT2D eigenvalue weighted by Crippen LogP contribution is -1.99. The van der Waals surface area contributed by atoms with E-state index in [0.29, 0.717) is 12.4 Å². The van der Waals surface area contributed by atoms with Gasteiger partial charge in [0.05, 0.1) is 30.0 Å². The molecule has 2 heterocycles. The highest BCUT2D eigenvalue weighted by molar-refractivity contribution is 7.11. The Morgan fingerprint density at radius 2 is 2.27 bits per heavy atom. The van der Waals surface area contributed by atoms with Crippen LogP contribution in [0.25, 0.3) is 0 Å². The molecular weight excluding hydrogens is 232 g/mol. The standard InChI is InChI=1S/C9H11ClN4S/c1-6-7(2)15-9(11-6)5-14-4-8(3-10)12-13-14/h4H,3,5H2,1-2H3. The summed E-state index contributed by atoms with van der Waals surface area (Å²) in [6.07, 6.45) is 1.85. The lowest BCUT2D eigenvalue weighted by Gasteiger charge is -1.93. The van der Waals surface area contributed by atoms with E-state index in [1.54, 1.807) is 16.0 Å². The molecule has 0 spiro atoms. The van der Waals surface area contributed by atoms with Crippen molar-refractivity contribution >= 4 is 22.9 Å². The number of aromatic nitrogens is 4. The molecule has 0 N–H and O–H groups in total. The molecule has 6 heteroatoms. The van der Waals surface area contributed by atoms with E-state index >= 15 is 0 Å². The monoisotopic (exact) mass is 242 g/mol. The molecule has 0 aliphatic carbocycles. The van der Waals surface area contributed by atoms with Gasteiger partial charge in [-0.25, -0.2) is 9.67 Å². The third-order valence-corrected chi connectivity index (χ3v) is 3.42. The zero-order valence-electron chi connectivity index (χ0n) is 8.57. The molecule has 0 aliphatic rings. The van der Waals surface area contributed by atoms with Crippen LogP contribution in [0.5, 0.6) is 0 Å². The van der Waals surface area contributed by atoms with E-state index in [1.807, 2.05) is 13.1 Å². The first kappa shape index (κ1) is 10.6. The molecule has 80 valence electrons. The minimum Gasteiger partial charge on any atom is -0.245 e. The van der Waals surface area contributed by atoms with Gasteiger partial charge in [0.15, 0.2) is 0 Å². The van der Waals surface area contributed by atoms with Gasteiger partial charge in [0.25, 0.3) is 0 Å². The van der Waals surface area contributed by atoms with E-state index < -0.39 is 0 Å². The Morgan fingerprint density at radius 1 is 1.47 bits per heavy atom. The maximum absolute atomic E-state index is 5.64. The number of halogens is 1. The molecule has 0 unspecified atom stereocenters. The van der Waals surface area contributed by atoms with Gasteiger partial charge < -0.3 is 0 Å². The maximum atomic E-state index is 5.64. The molecule has 0 fully saturated rings. The Bertz CT molecular complexity index is 443. The number of hydrogen-bond acceptors (Lipinski definition) is 4. The van der Waals surface area contributed by atoms with Crippen LogP contribution < -0.4 is 0 Å². The highest BCUT2D eigenvalue weighted by Gasteiger charge is 2.05. The average Bonchev–Trinajstić information content (AvgIpc) is 2.76. The first-order chi connectivity index (χ1) is 7.19. The SMILES string of the molecule is Cc1nc(Cn2cc(CCl)nn2)sc1C. The predicted molar refractivity (Wildman–Crippen MR) is 60.3 cm³/mol. The molecule has 2 aromatic rings. The van der Waals surface area contributed by atoms with Gasteiger partial charge in [-0.3, -0.25) is 0 Å². The van der Waals surface area contributed by atoms with Gasteiger partial charge in [-0.15, -0.1) is 28.0 Å². The minimum atomic E-state index is 0.399. The van der Waals surface area contributed by atoms with Crippen molar-refractivity contribution in [2.45, 2.75) is 26.3 Å². The van der Waals surface area contributed by atoms with Crippen LogP contribution in [0.3, 0.4) is 0 Å². The Hall–Kier alpha value is -0.940. The highest BCUT2D eigenvalue weighted by Crippen LogP contribution is 2.17. The number of hydrogen-bond donors (Lipinski definition) is 0. The molecule has 2 aromatic heterocycles. The maximum Gasteiger partial charge on any atom is 0.115 e. The molecular formula is C9H11ClN4S. The Morgan fingerprint density at radius 3 is 2.80 bits per heavy atom. The lowest BCUT2D eigenvalue weighted by atomic mass is 10.4. The summed E-state index contributed by atoms with van der Waals surface area (Å²) in [4.78, 5) is 5.69. The summed E-state index contributed by atoms with van der Waals surface area (Å²) in [5.74, 6) is 0.399. The molecule has 15 heavy (non-hydrogen) atoms. The molecule has 0 aliphatic heterocycles. The fraction of sp³-hybridized carbons (Fsp3) is 0.444. The number of rotatable bonds is 3. The van der Waals surface area contributed by atoms with Crippen molar-refractivity contribution in [3.8, 4) is 0 Å². The fourth-order valence-electron chi connectivity index (χ4n) is 1.22. The van der Waals surface area contributed by atoms with Gasteiger partial charge in [0.2, 0.25) is 0 Å². The minimum absolute atomic E-state index is 0.399. The van der Waals surface area contributed by atoms with E-state index in [-0.39, 0.29) is 0 Å². The second-order valence-electron chi connectivity index (χ2n) is 3.29. The Balaban J connectivity index is 2.14. The second-order valence-corrected chi connectivity index (χ2v) is 4.85. The highest BCUT2D eigenvalue weighted by atomic mass is 35.5. The van der Waals surface area contributed by atoms with Gasteiger partial charge >= 0.3 is 0 Å². The number of thiazole rings is 1. The quantitative estimate of drug-likeness (QED) is 0.775. The van der Waals surface area contributed by atoms with Crippen molar-refractivity contribution < 1.29 is 0 Å². The van der Waals surface area contributed by atoms with Crippen molar-refractivity contribution in [3.63, 3.8) is 0 Å². The first-order valence-corrected chi connectivity index (χ1v) is 5.92. The van der Waals surface area contributed by atoms with Crippen LogP contribution in [0, 0.1) is 13.8 Å². The number of aryl methyl sites for hydroxylation is 2. The van der Waals surface area contributed by atoms with Crippen molar-refractivity contribution in [3.05, 3.63) is 27.5 Å². The fourth-order valence-corrected chi connectivity index (χ4v) is 2.27. The topological polar surface area (TPSA) is 43.6 Å². The van der Waals surface area contributed by atoms with Gasteiger partial charge in [0.1, 0.15) is 5.01 Å². The summed E-state index contributed by atoms with van der Waals surface area (Å²) in [6.45, 7) is 4.76. The third kappa shape index (κ3) is 2.35. The molecule has 0 atom stereocenters. The Kier molecular flexibility index (Phi) is 3.02. The number of alkyl halides is 1. The van der Waals surface area contributed by atoms with Gasteiger partial charge in [0, 0.05) is 4.88 Å². The summed E-state index contributed by atoms with van der Waals surface area (Å²) < 4.78 is 1.76. The normalized spacial score (nSPS) is 10.9. The van der Waals surface area contributed by atoms with E-state index in [4.69, 9.17) is 11.6 Å². The zero-order valence-corrected chi connectivity index (χ0v) is 10.1. The number of nitrogens with zero attached hydrogens (tertiary/aromatic N) is 4.